The van der Waals surface area contributed by atoms with Crippen LogP contribution in [0, 0.1) is 6.92 Å². The van der Waals surface area contributed by atoms with Crippen LogP contribution in [0.1, 0.15) is 18.4 Å². The Labute approximate surface area is 135 Å². The second-order valence-electron chi connectivity index (χ2n) is 4.86. The molecule has 7 heteroatoms. The summed E-state index contributed by atoms with van der Waals surface area (Å²) in [7, 11) is -1.56. The highest BCUT2D eigenvalue weighted by Crippen LogP contribution is 2.31. The largest absolute Gasteiger partial charge is 0.318 e. The predicted molar refractivity (Wildman–Crippen MR) is 87.0 cm³/mol. The first kappa shape index (κ1) is 17.9. The van der Waals surface area contributed by atoms with Crippen molar-refractivity contribution in [2.24, 2.45) is 0 Å². The summed E-state index contributed by atoms with van der Waals surface area (Å²) in [5.74, 6) is 0. The third-order valence-electron chi connectivity index (χ3n) is 3.51. The molecule has 1 saturated heterocycles. The molecule has 0 aliphatic carbocycles. The van der Waals surface area contributed by atoms with Gasteiger partial charge in [0.25, 0.3) is 0 Å². The van der Waals surface area contributed by atoms with E-state index >= 15 is 0 Å². The number of nitrogens with zero attached hydrogens (tertiary/aromatic N) is 1. The van der Waals surface area contributed by atoms with Crippen LogP contribution in [0.15, 0.2) is 27.6 Å². The quantitative estimate of drug-likeness (QED) is 0.869. The lowest BCUT2D eigenvalue weighted by atomic mass is 10.2. The van der Waals surface area contributed by atoms with Crippen LogP contribution in [0.25, 0.3) is 0 Å². The Balaban J connectivity index is 0.00000200. The molecule has 0 bridgehead atoms. The number of hydrogen-bond donors (Lipinski definition) is 1. The second-order valence-corrected chi connectivity index (χ2v) is 7.51. The van der Waals surface area contributed by atoms with Gasteiger partial charge in [-0.1, -0.05) is 12.1 Å². The maximum absolute atomic E-state index is 12.8. The van der Waals surface area contributed by atoms with Gasteiger partial charge in [-0.3, -0.25) is 0 Å². The van der Waals surface area contributed by atoms with E-state index in [1.54, 1.807) is 16.4 Å². The fraction of sp³-hybridized carbons (Fsp3) is 0.538. The van der Waals surface area contributed by atoms with Gasteiger partial charge in [0.1, 0.15) is 0 Å². The average molecular weight is 384 g/mol. The summed E-state index contributed by atoms with van der Waals surface area (Å²) in [5, 5.41) is 3.07. The topological polar surface area (TPSA) is 49.4 Å². The zero-order chi connectivity index (χ0) is 14.0. The molecule has 0 aromatic heterocycles. The number of hydrogen-bond acceptors (Lipinski definition) is 3. The molecule has 1 aromatic rings. The lowest BCUT2D eigenvalue weighted by molar-refractivity contribution is 0.379. The molecule has 4 nitrogen and oxygen atoms in total. The predicted octanol–water partition coefficient (Wildman–Crippen LogP) is 2.55. The number of aryl methyl sites for hydroxylation is 1. The Kier molecular flexibility index (Phi) is 6.47. The lowest BCUT2D eigenvalue weighted by Crippen LogP contribution is -2.40. The third-order valence-corrected chi connectivity index (χ3v) is 6.82. The van der Waals surface area contributed by atoms with Crippen molar-refractivity contribution in [2.45, 2.75) is 30.7 Å². The standard InChI is InChI=1S/C13H19BrN2O2S.ClH/c1-10-5-3-7-12(13(10)14)19(17,18)16-8-4-6-11(16)9-15-2;/h3,5,7,11,15H,4,6,8-9H2,1-2H3;1H. The maximum Gasteiger partial charge on any atom is 0.244 e. The van der Waals surface area contributed by atoms with Gasteiger partial charge in [-0.25, -0.2) is 8.42 Å². The molecular weight excluding hydrogens is 364 g/mol. The minimum atomic E-state index is -3.42. The normalized spacial score (nSPS) is 19.9. The molecule has 114 valence electrons. The first-order valence-electron chi connectivity index (χ1n) is 6.40. The molecule has 20 heavy (non-hydrogen) atoms. The maximum atomic E-state index is 12.8. The number of benzene rings is 1. The van der Waals surface area contributed by atoms with Crippen molar-refractivity contribution in [1.82, 2.24) is 9.62 Å². The molecule has 0 saturated carbocycles. The number of nitrogens with one attached hydrogen (secondary N) is 1. The Hall–Kier alpha value is -0.140. The molecule has 1 heterocycles. The second kappa shape index (κ2) is 7.22. The molecule has 0 spiro atoms. The van der Waals surface area contributed by atoms with Gasteiger partial charge in [-0.15, -0.1) is 12.4 Å². The van der Waals surface area contributed by atoms with E-state index in [2.05, 4.69) is 21.2 Å². The zero-order valence-electron chi connectivity index (χ0n) is 11.6. The highest BCUT2D eigenvalue weighted by Gasteiger charge is 2.35. The fourth-order valence-corrected chi connectivity index (χ4v) is 5.22. The van der Waals surface area contributed by atoms with Gasteiger partial charge in [-0.05, 0) is 54.4 Å². The summed E-state index contributed by atoms with van der Waals surface area (Å²) < 4.78 is 27.8. The van der Waals surface area contributed by atoms with E-state index in [0.717, 1.165) is 18.4 Å². The third kappa shape index (κ3) is 3.36. The van der Waals surface area contributed by atoms with Gasteiger partial charge in [0.2, 0.25) is 10.0 Å². The molecule has 1 unspecified atom stereocenters. The molecule has 2 rings (SSSR count). The van der Waals surface area contributed by atoms with Crippen LogP contribution in [0.2, 0.25) is 0 Å². The van der Waals surface area contributed by atoms with Crippen LogP contribution in [-0.2, 0) is 10.0 Å². The summed E-state index contributed by atoms with van der Waals surface area (Å²) in [6.07, 6.45) is 1.85. The fourth-order valence-electron chi connectivity index (χ4n) is 2.51. The summed E-state index contributed by atoms with van der Waals surface area (Å²) in [4.78, 5) is 0.371. The van der Waals surface area contributed by atoms with Crippen LogP contribution in [-0.4, -0.2) is 38.9 Å². The Morgan fingerprint density at radius 2 is 2.15 bits per heavy atom. The van der Waals surface area contributed by atoms with Crippen LogP contribution in [0.5, 0.6) is 0 Å². The Morgan fingerprint density at radius 1 is 1.45 bits per heavy atom. The molecule has 0 amide bonds. The van der Waals surface area contributed by atoms with E-state index < -0.39 is 10.0 Å². The van der Waals surface area contributed by atoms with Crippen molar-refractivity contribution < 1.29 is 8.42 Å². The molecule has 1 aliphatic rings. The minimum Gasteiger partial charge on any atom is -0.318 e. The van der Waals surface area contributed by atoms with Gasteiger partial charge in [0, 0.05) is 23.6 Å². The van der Waals surface area contributed by atoms with Gasteiger partial charge in [0.05, 0.1) is 4.90 Å². The van der Waals surface area contributed by atoms with E-state index in [9.17, 15) is 8.42 Å². The van der Waals surface area contributed by atoms with E-state index in [-0.39, 0.29) is 18.4 Å². The zero-order valence-corrected chi connectivity index (χ0v) is 14.8. The average Bonchev–Trinajstić information content (AvgIpc) is 2.82. The smallest absolute Gasteiger partial charge is 0.244 e. The van der Waals surface area contributed by atoms with E-state index in [1.165, 1.54) is 0 Å². The van der Waals surface area contributed by atoms with Crippen molar-refractivity contribution in [1.29, 1.82) is 0 Å². The van der Waals surface area contributed by atoms with Crippen molar-refractivity contribution in [3.63, 3.8) is 0 Å². The van der Waals surface area contributed by atoms with E-state index in [4.69, 9.17) is 0 Å². The highest BCUT2D eigenvalue weighted by molar-refractivity contribution is 9.10. The Bertz CT molecular complexity index is 565. The van der Waals surface area contributed by atoms with Crippen molar-refractivity contribution >= 4 is 38.4 Å². The first-order valence-corrected chi connectivity index (χ1v) is 8.63. The van der Waals surface area contributed by atoms with Crippen LogP contribution in [0.4, 0.5) is 0 Å². The number of likely N-dealkylation sites (N-methyl/N-ethyl adjacent to an activating group) is 1. The molecule has 1 fully saturated rings. The number of rotatable bonds is 4. The molecule has 1 aromatic carbocycles. The Morgan fingerprint density at radius 3 is 2.80 bits per heavy atom. The molecule has 1 atom stereocenters. The molecular formula is C13H20BrClN2O2S. The molecule has 0 radical (unpaired) electrons. The minimum absolute atomic E-state index is 0. The summed E-state index contributed by atoms with van der Waals surface area (Å²) in [6.45, 7) is 3.20. The summed E-state index contributed by atoms with van der Waals surface area (Å²) in [6, 6.07) is 5.41. The lowest BCUT2D eigenvalue weighted by Gasteiger charge is -2.24. The molecule has 1 N–H and O–H groups in total. The number of sulfonamides is 1. The van der Waals surface area contributed by atoms with Crippen LogP contribution >= 0.6 is 28.3 Å². The van der Waals surface area contributed by atoms with E-state index in [0.29, 0.717) is 22.5 Å². The summed E-state index contributed by atoms with van der Waals surface area (Å²) >= 11 is 3.40. The van der Waals surface area contributed by atoms with Crippen molar-refractivity contribution in [3.8, 4) is 0 Å². The van der Waals surface area contributed by atoms with E-state index in [1.807, 2.05) is 20.0 Å². The van der Waals surface area contributed by atoms with Crippen LogP contribution < -0.4 is 5.32 Å². The van der Waals surface area contributed by atoms with Gasteiger partial charge in [-0.2, -0.15) is 4.31 Å². The molecule has 1 aliphatic heterocycles. The van der Waals surface area contributed by atoms with Crippen molar-refractivity contribution in [3.05, 3.63) is 28.2 Å². The first-order chi connectivity index (χ1) is 8.98. The SMILES string of the molecule is CNCC1CCCN1S(=O)(=O)c1cccc(C)c1Br.Cl. The van der Waals surface area contributed by atoms with Crippen LogP contribution in [0.3, 0.4) is 0 Å². The van der Waals surface area contributed by atoms with Gasteiger partial charge in [0.15, 0.2) is 0 Å². The summed E-state index contributed by atoms with van der Waals surface area (Å²) in [5.41, 5.74) is 0.936. The number of halogens is 2. The van der Waals surface area contributed by atoms with Gasteiger partial charge >= 0.3 is 0 Å². The monoisotopic (exact) mass is 382 g/mol. The van der Waals surface area contributed by atoms with Crippen molar-refractivity contribution in [2.75, 3.05) is 20.1 Å². The highest BCUT2D eigenvalue weighted by atomic mass is 79.9. The van der Waals surface area contributed by atoms with Gasteiger partial charge < -0.3 is 5.32 Å².